The smallest absolute Gasteiger partial charge is 0.229 e. The van der Waals surface area contributed by atoms with Crippen LogP contribution in [0.15, 0.2) is 12.4 Å². The molecule has 5 rings (SSSR count). The first-order valence-electron chi connectivity index (χ1n) is 8.96. The molecule has 1 amide bonds. The standard InChI is InChI=1S/C19H21N3O2/c1-19(6-11-2-3-13(19)4-11)18(23)22-10-14-5-16(22)15-9-21-8-12(7-20)17(15)24-14/h8-9,11,13-14,16H,2-6,10H2,1H3/t11?,13?,14-,16-,19?/m0/s1. The number of hydrogen-bond donors (Lipinski definition) is 0. The predicted octanol–water partition coefficient (Wildman–Crippen LogP) is 2.81. The van der Waals surface area contributed by atoms with Gasteiger partial charge >= 0.3 is 0 Å². The van der Waals surface area contributed by atoms with Gasteiger partial charge in [-0.25, -0.2) is 0 Å². The van der Waals surface area contributed by atoms with Crippen LogP contribution in [0.5, 0.6) is 5.75 Å². The minimum absolute atomic E-state index is 0.00291. The second-order valence-corrected chi connectivity index (χ2v) is 8.16. The molecule has 5 atom stereocenters. The third-order valence-corrected chi connectivity index (χ3v) is 6.86. The van der Waals surface area contributed by atoms with Crippen molar-refractivity contribution in [1.82, 2.24) is 9.88 Å². The van der Waals surface area contributed by atoms with E-state index in [1.165, 1.54) is 19.3 Å². The average molecular weight is 323 g/mol. The van der Waals surface area contributed by atoms with Crippen LogP contribution in [-0.2, 0) is 4.79 Å². The second-order valence-electron chi connectivity index (χ2n) is 8.16. The summed E-state index contributed by atoms with van der Waals surface area (Å²) in [5.74, 6) is 2.21. The van der Waals surface area contributed by atoms with Crippen LogP contribution in [0, 0.1) is 28.6 Å². The Morgan fingerprint density at radius 1 is 1.42 bits per heavy atom. The molecule has 2 aliphatic heterocycles. The molecule has 1 saturated heterocycles. The second kappa shape index (κ2) is 4.72. The Morgan fingerprint density at radius 2 is 2.29 bits per heavy atom. The average Bonchev–Trinajstić information content (AvgIpc) is 3.27. The van der Waals surface area contributed by atoms with Crippen molar-refractivity contribution in [3.8, 4) is 11.8 Å². The normalized spacial score (nSPS) is 38.6. The van der Waals surface area contributed by atoms with Gasteiger partial charge in [-0.15, -0.1) is 0 Å². The lowest BCUT2D eigenvalue weighted by atomic mass is 9.73. The highest BCUT2D eigenvalue weighted by Crippen LogP contribution is 2.58. The van der Waals surface area contributed by atoms with Gasteiger partial charge in [-0.3, -0.25) is 9.78 Å². The Kier molecular flexibility index (Phi) is 2.81. The Hall–Kier alpha value is -2.09. The molecule has 4 bridgehead atoms. The number of likely N-dealkylation sites (tertiary alicyclic amines) is 1. The minimum atomic E-state index is -0.208. The molecular weight excluding hydrogens is 302 g/mol. The van der Waals surface area contributed by atoms with Crippen LogP contribution >= 0.6 is 0 Å². The van der Waals surface area contributed by atoms with Crippen molar-refractivity contribution in [2.24, 2.45) is 17.3 Å². The molecule has 5 heteroatoms. The molecule has 4 aliphatic rings. The van der Waals surface area contributed by atoms with Crippen LogP contribution in [0.2, 0.25) is 0 Å². The number of ether oxygens (including phenoxy) is 1. The number of fused-ring (bicyclic) bond motifs is 6. The zero-order chi connectivity index (χ0) is 16.5. The Balaban J connectivity index is 1.50. The van der Waals surface area contributed by atoms with Gasteiger partial charge < -0.3 is 9.64 Å². The van der Waals surface area contributed by atoms with Crippen molar-refractivity contribution in [1.29, 1.82) is 5.26 Å². The largest absolute Gasteiger partial charge is 0.487 e. The highest BCUT2D eigenvalue weighted by Gasteiger charge is 2.56. The van der Waals surface area contributed by atoms with Gasteiger partial charge in [0.2, 0.25) is 5.91 Å². The molecule has 3 heterocycles. The maximum Gasteiger partial charge on any atom is 0.229 e. The van der Waals surface area contributed by atoms with Crippen molar-refractivity contribution in [2.75, 3.05) is 6.54 Å². The first-order valence-corrected chi connectivity index (χ1v) is 8.96. The zero-order valence-corrected chi connectivity index (χ0v) is 13.9. The number of rotatable bonds is 1. The first-order chi connectivity index (χ1) is 11.6. The van der Waals surface area contributed by atoms with E-state index in [4.69, 9.17) is 4.74 Å². The number of carbonyl (C=O) groups is 1. The molecule has 0 N–H and O–H groups in total. The molecule has 2 aliphatic carbocycles. The van der Waals surface area contributed by atoms with Gasteiger partial charge in [-0.05, 0) is 31.1 Å². The van der Waals surface area contributed by atoms with Gasteiger partial charge in [-0.2, -0.15) is 5.26 Å². The lowest BCUT2D eigenvalue weighted by Crippen LogP contribution is -2.45. The highest BCUT2D eigenvalue weighted by atomic mass is 16.5. The summed E-state index contributed by atoms with van der Waals surface area (Å²) in [5, 5.41) is 9.30. The molecule has 0 radical (unpaired) electrons. The van der Waals surface area contributed by atoms with Crippen LogP contribution in [0.25, 0.3) is 0 Å². The van der Waals surface area contributed by atoms with Crippen LogP contribution in [0.1, 0.15) is 56.2 Å². The van der Waals surface area contributed by atoms with Gasteiger partial charge in [-0.1, -0.05) is 13.3 Å². The molecule has 1 aromatic heterocycles. The van der Waals surface area contributed by atoms with Gasteiger partial charge in [0, 0.05) is 29.8 Å². The van der Waals surface area contributed by atoms with Crippen molar-refractivity contribution < 1.29 is 9.53 Å². The van der Waals surface area contributed by atoms with Gasteiger partial charge in [0.25, 0.3) is 0 Å². The zero-order valence-electron chi connectivity index (χ0n) is 13.9. The monoisotopic (exact) mass is 323 g/mol. The summed E-state index contributed by atoms with van der Waals surface area (Å²) in [6.45, 7) is 2.81. The van der Waals surface area contributed by atoms with E-state index in [1.807, 2.05) is 4.90 Å². The molecule has 1 aromatic rings. The summed E-state index contributed by atoms with van der Waals surface area (Å²) in [7, 11) is 0. The SMILES string of the molecule is CC1(C(=O)N2C[C@@H]3C[C@H]2c2cncc(C#N)c2O3)CC2CCC1C2. The van der Waals surface area contributed by atoms with Crippen molar-refractivity contribution in [3.05, 3.63) is 23.5 Å². The van der Waals surface area contributed by atoms with E-state index in [0.29, 0.717) is 29.7 Å². The highest BCUT2D eigenvalue weighted by molar-refractivity contribution is 5.84. The van der Waals surface area contributed by atoms with Crippen LogP contribution in [-0.4, -0.2) is 28.4 Å². The topological polar surface area (TPSA) is 66.2 Å². The summed E-state index contributed by atoms with van der Waals surface area (Å²) in [6.07, 6.45) is 8.89. The van der Waals surface area contributed by atoms with E-state index in [-0.39, 0.29) is 17.6 Å². The molecule has 0 spiro atoms. The molecule has 2 saturated carbocycles. The Labute approximate surface area is 141 Å². The maximum atomic E-state index is 13.5. The number of hydrogen-bond acceptors (Lipinski definition) is 4. The van der Waals surface area contributed by atoms with E-state index in [1.54, 1.807) is 12.4 Å². The van der Waals surface area contributed by atoms with Crippen LogP contribution < -0.4 is 4.74 Å². The Bertz CT molecular complexity index is 770. The summed E-state index contributed by atoms with van der Waals surface area (Å²) in [4.78, 5) is 19.7. The molecule has 3 fully saturated rings. The van der Waals surface area contributed by atoms with E-state index in [2.05, 4.69) is 18.0 Å². The fraction of sp³-hybridized carbons (Fsp3) is 0.632. The third-order valence-electron chi connectivity index (χ3n) is 6.86. The predicted molar refractivity (Wildman–Crippen MR) is 86.0 cm³/mol. The number of amides is 1. The lowest BCUT2D eigenvalue weighted by Gasteiger charge is -2.38. The number of pyridine rings is 1. The fourth-order valence-electron chi connectivity index (χ4n) is 5.68. The number of nitrogens with zero attached hydrogens (tertiary/aromatic N) is 3. The van der Waals surface area contributed by atoms with Crippen LogP contribution in [0.4, 0.5) is 0 Å². The Morgan fingerprint density at radius 3 is 3.00 bits per heavy atom. The molecule has 3 unspecified atom stereocenters. The molecule has 124 valence electrons. The van der Waals surface area contributed by atoms with Crippen molar-refractivity contribution >= 4 is 5.91 Å². The molecule has 5 nitrogen and oxygen atoms in total. The van der Waals surface area contributed by atoms with E-state index >= 15 is 0 Å². The van der Waals surface area contributed by atoms with Crippen molar-refractivity contribution in [3.63, 3.8) is 0 Å². The molecular formula is C19H21N3O2. The molecule has 0 aromatic carbocycles. The van der Waals surface area contributed by atoms with Crippen LogP contribution in [0.3, 0.4) is 0 Å². The fourth-order valence-corrected chi connectivity index (χ4v) is 5.68. The number of aromatic nitrogens is 1. The van der Waals surface area contributed by atoms with E-state index in [0.717, 1.165) is 24.3 Å². The van der Waals surface area contributed by atoms with E-state index < -0.39 is 0 Å². The first kappa shape index (κ1) is 14.3. The minimum Gasteiger partial charge on any atom is -0.487 e. The summed E-state index contributed by atoms with van der Waals surface area (Å²) in [5.41, 5.74) is 1.17. The van der Waals surface area contributed by atoms with Gasteiger partial charge in [0.1, 0.15) is 23.5 Å². The summed E-state index contributed by atoms with van der Waals surface area (Å²) < 4.78 is 6.03. The number of nitriles is 1. The van der Waals surface area contributed by atoms with E-state index in [9.17, 15) is 10.1 Å². The molecule has 24 heavy (non-hydrogen) atoms. The lowest BCUT2D eigenvalue weighted by molar-refractivity contribution is -0.145. The van der Waals surface area contributed by atoms with Gasteiger partial charge in [0.05, 0.1) is 12.6 Å². The summed E-state index contributed by atoms with van der Waals surface area (Å²) >= 11 is 0. The third kappa shape index (κ3) is 1.74. The number of carbonyl (C=O) groups excluding carboxylic acids is 1. The van der Waals surface area contributed by atoms with Crippen molar-refractivity contribution in [2.45, 2.75) is 51.2 Å². The quantitative estimate of drug-likeness (QED) is 0.797. The summed E-state index contributed by atoms with van der Waals surface area (Å²) in [6, 6.07) is 2.18. The maximum absolute atomic E-state index is 13.5. The van der Waals surface area contributed by atoms with Gasteiger partial charge in [0.15, 0.2) is 0 Å².